The van der Waals surface area contributed by atoms with Gasteiger partial charge in [0.2, 0.25) is 5.91 Å². The van der Waals surface area contributed by atoms with Gasteiger partial charge in [0.05, 0.1) is 17.1 Å². The van der Waals surface area contributed by atoms with Crippen molar-refractivity contribution in [2.45, 2.75) is 52.9 Å². The topological polar surface area (TPSA) is 33.2 Å². The van der Waals surface area contributed by atoms with Crippen LogP contribution in [0.1, 0.15) is 64.3 Å². The Hall–Kier alpha value is -3.27. The Morgan fingerprint density at radius 2 is 1.79 bits per heavy atom. The summed E-state index contributed by atoms with van der Waals surface area (Å²) in [5.41, 5.74) is 7.47. The number of halogens is 1. The second-order valence-electron chi connectivity index (χ2n) is 9.68. The Morgan fingerprint density at radius 1 is 1.12 bits per heavy atom. The van der Waals surface area contributed by atoms with Crippen molar-refractivity contribution in [1.82, 2.24) is 4.98 Å². The van der Waals surface area contributed by atoms with Crippen molar-refractivity contribution in [2.75, 3.05) is 11.4 Å². The van der Waals surface area contributed by atoms with Crippen molar-refractivity contribution >= 4 is 17.7 Å². The number of allylic oxidation sites excluding steroid dienone is 1. The summed E-state index contributed by atoms with van der Waals surface area (Å²) in [5.74, 6) is -0.0736. The normalized spacial score (nSPS) is 14.8. The number of carbonyl (C=O) groups excluding carboxylic acids is 1. The highest BCUT2D eigenvalue weighted by Crippen LogP contribution is 2.48. The number of amides is 1. The van der Waals surface area contributed by atoms with Crippen molar-refractivity contribution in [3.05, 3.63) is 77.2 Å². The maximum Gasteiger partial charge on any atom is 0.223 e. The van der Waals surface area contributed by atoms with Crippen molar-refractivity contribution in [3.8, 4) is 22.4 Å². The highest BCUT2D eigenvalue weighted by atomic mass is 19.1. The Kier molecular flexibility index (Phi) is 5.96. The summed E-state index contributed by atoms with van der Waals surface area (Å²) >= 11 is 0. The fraction of sp³-hybridized carbons (Fsp3) is 0.310. The molecule has 2 aromatic carbocycles. The molecule has 0 unspecified atom stereocenters. The van der Waals surface area contributed by atoms with E-state index < -0.39 is 5.41 Å². The van der Waals surface area contributed by atoms with Gasteiger partial charge in [0.25, 0.3) is 0 Å². The van der Waals surface area contributed by atoms with Crippen molar-refractivity contribution < 1.29 is 9.18 Å². The standard InChI is InChI=1S/C29H31FN2O/c1-7-10-23-25(20-13-15-21(30)16-14-20)26-28(31-27(23)18(2)3)22-11-8-9-12-24(22)32(19(4)33)17-29(26,5)6/h7-16,18H,17H2,1-6H3/b10-7+. The number of hydrogen-bond donors (Lipinski definition) is 0. The number of benzene rings is 2. The molecule has 0 saturated heterocycles. The van der Waals surface area contributed by atoms with Crippen molar-refractivity contribution in [2.24, 2.45) is 0 Å². The maximum atomic E-state index is 13.9. The first-order valence-electron chi connectivity index (χ1n) is 11.5. The van der Waals surface area contributed by atoms with E-state index in [0.717, 1.165) is 44.9 Å². The molecular weight excluding hydrogens is 411 g/mol. The molecule has 170 valence electrons. The molecule has 0 atom stereocenters. The quantitative estimate of drug-likeness (QED) is 0.425. The van der Waals surface area contributed by atoms with Crippen LogP contribution in [0.15, 0.2) is 54.6 Å². The van der Waals surface area contributed by atoms with Crippen LogP contribution >= 0.6 is 0 Å². The number of hydrogen-bond acceptors (Lipinski definition) is 2. The zero-order valence-corrected chi connectivity index (χ0v) is 20.2. The second kappa shape index (κ2) is 8.58. The summed E-state index contributed by atoms with van der Waals surface area (Å²) in [5, 5.41) is 0. The van der Waals surface area contributed by atoms with E-state index in [-0.39, 0.29) is 17.6 Å². The molecule has 3 nitrogen and oxygen atoms in total. The van der Waals surface area contributed by atoms with E-state index in [9.17, 15) is 9.18 Å². The highest BCUT2D eigenvalue weighted by molar-refractivity contribution is 5.99. The lowest BCUT2D eigenvalue weighted by molar-refractivity contribution is -0.116. The molecule has 4 heteroatoms. The van der Waals surface area contributed by atoms with E-state index in [2.05, 4.69) is 33.8 Å². The van der Waals surface area contributed by atoms with Gasteiger partial charge in [0.15, 0.2) is 0 Å². The third-order valence-electron chi connectivity index (χ3n) is 6.34. The number of aromatic nitrogens is 1. The van der Waals surface area contributed by atoms with Gasteiger partial charge in [-0.3, -0.25) is 9.78 Å². The van der Waals surface area contributed by atoms with Gasteiger partial charge in [-0.25, -0.2) is 4.39 Å². The molecule has 0 spiro atoms. The number of carbonyl (C=O) groups is 1. The number of nitrogens with zero attached hydrogens (tertiary/aromatic N) is 2. The lowest BCUT2D eigenvalue weighted by Crippen LogP contribution is -2.39. The summed E-state index contributed by atoms with van der Waals surface area (Å²) in [6, 6.07) is 14.7. The molecule has 0 N–H and O–H groups in total. The van der Waals surface area contributed by atoms with Crippen molar-refractivity contribution in [3.63, 3.8) is 0 Å². The number of fused-ring (bicyclic) bond motifs is 3. The minimum Gasteiger partial charge on any atom is -0.311 e. The van der Waals surface area contributed by atoms with Crippen LogP contribution in [-0.2, 0) is 10.2 Å². The smallest absolute Gasteiger partial charge is 0.223 e. The third kappa shape index (κ3) is 3.99. The second-order valence-corrected chi connectivity index (χ2v) is 9.68. The molecule has 4 rings (SSSR count). The van der Waals surface area contributed by atoms with Gasteiger partial charge in [-0.15, -0.1) is 0 Å². The van der Waals surface area contributed by atoms with Crippen LogP contribution in [0, 0.1) is 5.82 Å². The molecule has 33 heavy (non-hydrogen) atoms. The Labute approximate surface area is 196 Å². The Balaban J connectivity index is 2.22. The van der Waals surface area contributed by atoms with Gasteiger partial charge in [0, 0.05) is 30.0 Å². The van der Waals surface area contributed by atoms with E-state index in [4.69, 9.17) is 4.98 Å². The van der Waals surface area contributed by atoms with E-state index in [1.54, 1.807) is 6.92 Å². The number of rotatable bonds is 3. The summed E-state index contributed by atoms with van der Waals surface area (Å²) < 4.78 is 13.9. The van der Waals surface area contributed by atoms with Gasteiger partial charge >= 0.3 is 0 Å². The fourth-order valence-electron chi connectivity index (χ4n) is 4.91. The predicted octanol–water partition coefficient (Wildman–Crippen LogP) is 7.36. The monoisotopic (exact) mass is 442 g/mol. The lowest BCUT2D eigenvalue weighted by atomic mass is 9.76. The van der Waals surface area contributed by atoms with Crippen LogP contribution in [0.25, 0.3) is 28.5 Å². The van der Waals surface area contributed by atoms with Gasteiger partial charge < -0.3 is 4.90 Å². The fourth-order valence-corrected chi connectivity index (χ4v) is 4.91. The predicted molar refractivity (Wildman–Crippen MR) is 135 cm³/mol. The molecule has 1 aliphatic heterocycles. The van der Waals surface area contributed by atoms with Crippen molar-refractivity contribution in [1.29, 1.82) is 0 Å². The molecule has 0 bridgehead atoms. The molecule has 0 aliphatic carbocycles. The zero-order chi connectivity index (χ0) is 23.9. The molecular formula is C29H31FN2O. The van der Waals surface area contributed by atoms with Crippen LogP contribution in [-0.4, -0.2) is 17.4 Å². The molecule has 2 heterocycles. The number of para-hydroxylation sites is 1. The SMILES string of the molecule is C/C=C/c1c(C(C)C)nc2c(c1-c1ccc(F)cc1)C(C)(C)CN(C(C)=O)c1ccccc1-2. The van der Waals surface area contributed by atoms with Gasteiger partial charge in [-0.05, 0) is 47.7 Å². The summed E-state index contributed by atoms with van der Waals surface area (Å²) in [4.78, 5) is 19.9. The zero-order valence-electron chi connectivity index (χ0n) is 20.2. The van der Waals surface area contributed by atoms with E-state index >= 15 is 0 Å². The third-order valence-corrected chi connectivity index (χ3v) is 6.34. The van der Waals surface area contributed by atoms with Crippen LogP contribution < -0.4 is 4.90 Å². The van der Waals surface area contributed by atoms with Crippen LogP contribution in [0.5, 0.6) is 0 Å². The number of pyridine rings is 1. The largest absolute Gasteiger partial charge is 0.311 e. The van der Waals surface area contributed by atoms with Crippen LogP contribution in [0.2, 0.25) is 0 Å². The molecule has 1 aromatic heterocycles. The van der Waals surface area contributed by atoms with Gasteiger partial charge in [-0.2, -0.15) is 0 Å². The molecule has 0 fully saturated rings. The summed E-state index contributed by atoms with van der Waals surface area (Å²) in [6.07, 6.45) is 4.14. The molecule has 1 aliphatic rings. The first-order valence-corrected chi connectivity index (χ1v) is 11.5. The minimum absolute atomic E-state index is 0.00410. The van der Waals surface area contributed by atoms with E-state index in [1.807, 2.05) is 54.3 Å². The van der Waals surface area contributed by atoms with Crippen LogP contribution in [0.3, 0.4) is 0 Å². The molecule has 0 radical (unpaired) electrons. The number of anilines is 1. The average Bonchev–Trinajstić information content (AvgIpc) is 2.87. The summed E-state index contributed by atoms with van der Waals surface area (Å²) in [7, 11) is 0. The molecule has 0 saturated carbocycles. The van der Waals surface area contributed by atoms with Gasteiger partial charge in [-0.1, -0.05) is 70.2 Å². The molecule has 1 amide bonds. The van der Waals surface area contributed by atoms with E-state index in [0.29, 0.717) is 6.54 Å². The molecule has 3 aromatic rings. The maximum absolute atomic E-state index is 13.9. The average molecular weight is 443 g/mol. The van der Waals surface area contributed by atoms with Crippen LogP contribution in [0.4, 0.5) is 10.1 Å². The first-order chi connectivity index (χ1) is 15.7. The minimum atomic E-state index is -0.400. The van der Waals surface area contributed by atoms with E-state index in [1.165, 1.54) is 12.1 Å². The highest BCUT2D eigenvalue weighted by Gasteiger charge is 2.38. The first kappa shape index (κ1) is 22.9. The lowest BCUT2D eigenvalue weighted by Gasteiger charge is -2.33. The Morgan fingerprint density at radius 3 is 2.39 bits per heavy atom. The summed E-state index contributed by atoms with van der Waals surface area (Å²) in [6.45, 7) is 12.8. The van der Waals surface area contributed by atoms with Gasteiger partial charge in [0.1, 0.15) is 5.82 Å². The Bertz CT molecular complexity index is 1240.